The highest BCUT2D eigenvalue weighted by atomic mass is 16.6. The highest BCUT2D eigenvalue weighted by molar-refractivity contribution is 5.99. The molecule has 1 aliphatic rings. The van der Waals surface area contributed by atoms with Crippen LogP contribution in [0.25, 0.3) is 0 Å². The lowest BCUT2D eigenvalue weighted by Gasteiger charge is -2.31. The van der Waals surface area contributed by atoms with Gasteiger partial charge in [0.2, 0.25) is 0 Å². The smallest absolute Gasteiger partial charge is 0.410 e. The minimum Gasteiger partial charge on any atom is -0.497 e. The van der Waals surface area contributed by atoms with Crippen molar-refractivity contribution < 1.29 is 19.1 Å². The van der Waals surface area contributed by atoms with Gasteiger partial charge in [0.25, 0.3) is 0 Å². The number of carbonyl (C=O) groups is 2. The van der Waals surface area contributed by atoms with Gasteiger partial charge >= 0.3 is 12.1 Å². The molecule has 0 aromatic heterocycles. The Morgan fingerprint density at radius 3 is 2.41 bits per heavy atom. The van der Waals surface area contributed by atoms with Crippen LogP contribution in [-0.2, 0) is 17.7 Å². The van der Waals surface area contributed by atoms with Gasteiger partial charge in [-0.25, -0.2) is 9.59 Å². The molecule has 1 heterocycles. The van der Waals surface area contributed by atoms with Crippen LogP contribution in [0.15, 0.2) is 42.5 Å². The molecule has 2 aromatic rings. The molecule has 2 N–H and O–H groups in total. The summed E-state index contributed by atoms with van der Waals surface area (Å²) in [6.07, 6.45) is 0.407. The zero-order valence-corrected chi connectivity index (χ0v) is 17.2. The van der Waals surface area contributed by atoms with Crippen molar-refractivity contribution in [2.45, 2.75) is 39.3 Å². The minimum absolute atomic E-state index is 0.303. The summed E-state index contributed by atoms with van der Waals surface area (Å²) < 4.78 is 10.6. The first kappa shape index (κ1) is 20.5. The van der Waals surface area contributed by atoms with E-state index in [1.54, 1.807) is 24.1 Å². The average Bonchev–Trinajstić information content (AvgIpc) is 2.66. The quantitative estimate of drug-likeness (QED) is 0.791. The predicted octanol–water partition coefficient (Wildman–Crippen LogP) is 4.63. The summed E-state index contributed by atoms with van der Waals surface area (Å²) in [6, 6.07) is 12.6. The van der Waals surface area contributed by atoms with E-state index in [1.165, 1.54) is 0 Å². The number of ether oxygens (including phenoxy) is 2. The fourth-order valence-corrected chi connectivity index (χ4v) is 3.11. The van der Waals surface area contributed by atoms with E-state index in [1.807, 2.05) is 51.1 Å². The van der Waals surface area contributed by atoms with E-state index in [4.69, 9.17) is 9.47 Å². The monoisotopic (exact) mass is 397 g/mol. The summed E-state index contributed by atoms with van der Waals surface area (Å²) >= 11 is 0. The van der Waals surface area contributed by atoms with Crippen LogP contribution >= 0.6 is 0 Å². The molecular formula is C22H27N3O4. The Balaban J connectivity index is 1.61. The number of fused-ring (bicyclic) bond motifs is 1. The molecule has 0 spiro atoms. The molecule has 0 saturated carbocycles. The number of rotatable bonds is 3. The molecule has 0 fully saturated rings. The largest absolute Gasteiger partial charge is 0.497 e. The Morgan fingerprint density at radius 1 is 1.00 bits per heavy atom. The number of urea groups is 1. The van der Waals surface area contributed by atoms with Crippen LogP contribution in [0.1, 0.15) is 31.9 Å². The van der Waals surface area contributed by atoms with Crippen molar-refractivity contribution in [2.75, 3.05) is 24.3 Å². The van der Waals surface area contributed by atoms with Crippen LogP contribution in [0.4, 0.5) is 21.0 Å². The van der Waals surface area contributed by atoms with Crippen molar-refractivity contribution in [2.24, 2.45) is 0 Å². The lowest BCUT2D eigenvalue weighted by atomic mass is 9.99. The van der Waals surface area contributed by atoms with E-state index < -0.39 is 5.60 Å². The molecule has 1 aliphatic heterocycles. The Bertz CT molecular complexity index is 905. The molecule has 7 nitrogen and oxygen atoms in total. The first-order chi connectivity index (χ1) is 13.7. The third-order valence-electron chi connectivity index (χ3n) is 4.46. The highest BCUT2D eigenvalue weighted by Crippen LogP contribution is 2.24. The van der Waals surface area contributed by atoms with Crippen LogP contribution in [0.3, 0.4) is 0 Å². The van der Waals surface area contributed by atoms with E-state index >= 15 is 0 Å². The summed E-state index contributed by atoms with van der Waals surface area (Å²) in [6.45, 7) is 6.66. The molecular weight excluding hydrogens is 370 g/mol. The van der Waals surface area contributed by atoms with Gasteiger partial charge in [0, 0.05) is 30.5 Å². The lowest BCUT2D eigenvalue weighted by molar-refractivity contribution is 0.0224. The van der Waals surface area contributed by atoms with E-state index in [9.17, 15) is 9.59 Å². The van der Waals surface area contributed by atoms with E-state index in [-0.39, 0.29) is 12.1 Å². The highest BCUT2D eigenvalue weighted by Gasteiger charge is 2.25. The van der Waals surface area contributed by atoms with Gasteiger partial charge in [-0.2, -0.15) is 0 Å². The number of carbonyl (C=O) groups excluding carboxylic acids is 2. The molecule has 29 heavy (non-hydrogen) atoms. The van der Waals surface area contributed by atoms with Crippen molar-refractivity contribution in [3.05, 3.63) is 53.6 Å². The zero-order chi connectivity index (χ0) is 21.0. The molecule has 0 aliphatic carbocycles. The maximum Gasteiger partial charge on any atom is 0.410 e. The molecule has 2 aromatic carbocycles. The van der Waals surface area contributed by atoms with Crippen LogP contribution < -0.4 is 15.4 Å². The van der Waals surface area contributed by atoms with E-state index in [0.717, 1.165) is 11.1 Å². The second-order valence-corrected chi connectivity index (χ2v) is 7.95. The number of benzene rings is 2. The van der Waals surface area contributed by atoms with Crippen molar-refractivity contribution >= 4 is 23.5 Å². The van der Waals surface area contributed by atoms with Gasteiger partial charge in [0.1, 0.15) is 11.4 Å². The lowest BCUT2D eigenvalue weighted by Crippen LogP contribution is -2.39. The first-order valence-electron chi connectivity index (χ1n) is 9.55. The Kier molecular flexibility index (Phi) is 5.96. The van der Waals surface area contributed by atoms with Crippen molar-refractivity contribution in [1.29, 1.82) is 0 Å². The standard InChI is InChI=1S/C22H27N3O4/c1-22(2,3)29-21(27)25-11-10-15-12-18(9-8-16(15)14-25)24-20(26)23-17-6-5-7-19(13-17)28-4/h5-9,12-13H,10-11,14H2,1-4H3,(H2,23,24,26). The third-order valence-corrected chi connectivity index (χ3v) is 4.46. The molecule has 0 unspecified atom stereocenters. The van der Waals surface area contributed by atoms with Gasteiger partial charge in [-0.05, 0) is 62.6 Å². The first-order valence-corrected chi connectivity index (χ1v) is 9.55. The Labute approximate surface area is 171 Å². The number of nitrogens with one attached hydrogen (secondary N) is 2. The molecule has 0 atom stereocenters. The molecule has 7 heteroatoms. The third kappa shape index (κ3) is 5.63. The summed E-state index contributed by atoms with van der Waals surface area (Å²) in [5.74, 6) is 0.672. The topological polar surface area (TPSA) is 79.9 Å². The summed E-state index contributed by atoms with van der Waals surface area (Å²) in [7, 11) is 1.58. The van der Waals surface area contributed by atoms with E-state index in [0.29, 0.717) is 36.6 Å². The van der Waals surface area contributed by atoms with Crippen LogP contribution in [0, 0.1) is 0 Å². The summed E-state index contributed by atoms with van der Waals surface area (Å²) in [5.41, 5.74) is 3.01. The maximum absolute atomic E-state index is 12.3. The van der Waals surface area contributed by atoms with Crippen molar-refractivity contribution in [3.63, 3.8) is 0 Å². The number of methoxy groups -OCH3 is 1. The van der Waals surface area contributed by atoms with Crippen molar-refractivity contribution in [1.82, 2.24) is 4.90 Å². The Hall–Kier alpha value is -3.22. The predicted molar refractivity (Wildman–Crippen MR) is 112 cm³/mol. The molecule has 0 radical (unpaired) electrons. The summed E-state index contributed by atoms with van der Waals surface area (Å²) in [4.78, 5) is 26.3. The van der Waals surface area contributed by atoms with Crippen LogP contribution in [0.5, 0.6) is 5.75 Å². The Morgan fingerprint density at radius 2 is 1.72 bits per heavy atom. The molecule has 3 rings (SSSR count). The molecule has 0 bridgehead atoms. The molecule has 0 saturated heterocycles. The van der Waals surface area contributed by atoms with Gasteiger partial charge in [-0.15, -0.1) is 0 Å². The minimum atomic E-state index is -0.513. The normalized spacial score (nSPS) is 13.3. The second kappa shape index (κ2) is 8.43. The number of anilines is 2. The van der Waals surface area contributed by atoms with Gasteiger partial charge in [-0.1, -0.05) is 12.1 Å². The number of hydrogen-bond donors (Lipinski definition) is 2. The fraction of sp³-hybridized carbons (Fsp3) is 0.364. The van der Waals surface area contributed by atoms with Crippen molar-refractivity contribution in [3.8, 4) is 5.75 Å². The number of amides is 3. The van der Waals surface area contributed by atoms with Crippen LogP contribution in [-0.4, -0.2) is 36.3 Å². The van der Waals surface area contributed by atoms with Gasteiger partial charge in [0.15, 0.2) is 0 Å². The SMILES string of the molecule is COc1cccc(NC(=O)Nc2ccc3c(c2)CCN(C(=O)OC(C)(C)C)C3)c1. The van der Waals surface area contributed by atoms with Crippen LogP contribution in [0.2, 0.25) is 0 Å². The number of hydrogen-bond acceptors (Lipinski definition) is 4. The fourth-order valence-electron chi connectivity index (χ4n) is 3.11. The van der Waals surface area contributed by atoms with Gasteiger partial charge in [-0.3, -0.25) is 0 Å². The molecule has 3 amide bonds. The zero-order valence-electron chi connectivity index (χ0n) is 17.2. The summed E-state index contributed by atoms with van der Waals surface area (Å²) in [5, 5.41) is 5.64. The van der Waals surface area contributed by atoms with Gasteiger partial charge < -0.3 is 25.0 Å². The maximum atomic E-state index is 12.3. The van der Waals surface area contributed by atoms with Gasteiger partial charge in [0.05, 0.1) is 7.11 Å². The average molecular weight is 397 g/mol. The molecule has 154 valence electrons. The number of nitrogens with zero attached hydrogens (tertiary/aromatic N) is 1. The van der Waals surface area contributed by atoms with E-state index in [2.05, 4.69) is 10.6 Å². The second-order valence-electron chi connectivity index (χ2n) is 7.95.